The monoisotopic (exact) mass is 295 g/mol. The Bertz CT molecular complexity index is 571. The lowest BCUT2D eigenvalue weighted by atomic mass is 10.1. The van der Waals surface area contributed by atoms with E-state index in [1.165, 1.54) is 19.2 Å². The van der Waals surface area contributed by atoms with Crippen LogP contribution in [0.2, 0.25) is 0 Å². The first-order chi connectivity index (χ1) is 9.73. The summed E-state index contributed by atoms with van der Waals surface area (Å²) in [5.74, 6) is -1.73. The highest BCUT2D eigenvalue weighted by atomic mass is 16.6. The Kier molecular flexibility index (Phi) is 5.23. The molecule has 0 saturated heterocycles. The molecule has 0 unspecified atom stereocenters. The topological polar surface area (TPSA) is 113 Å². The molecule has 1 aromatic rings. The van der Waals surface area contributed by atoms with Crippen molar-refractivity contribution < 1.29 is 19.6 Å². The zero-order chi connectivity index (χ0) is 16.2. The van der Waals surface area contributed by atoms with E-state index in [-0.39, 0.29) is 24.1 Å². The van der Waals surface area contributed by atoms with E-state index in [9.17, 15) is 24.8 Å². The maximum atomic E-state index is 12.1. The van der Waals surface area contributed by atoms with Gasteiger partial charge in [0.15, 0.2) is 0 Å². The third-order valence-corrected chi connectivity index (χ3v) is 2.62. The lowest BCUT2D eigenvalue weighted by molar-refractivity contribution is -0.385. The van der Waals surface area contributed by atoms with E-state index in [0.29, 0.717) is 0 Å². The molecule has 114 valence electrons. The molecule has 0 radical (unpaired) electrons. The molecule has 21 heavy (non-hydrogen) atoms. The van der Waals surface area contributed by atoms with E-state index >= 15 is 0 Å². The van der Waals surface area contributed by atoms with Crippen LogP contribution in [0.15, 0.2) is 18.2 Å². The van der Waals surface area contributed by atoms with Gasteiger partial charge < -0.3 is 15.3 Å². The predicted molar refractivity (Wildman–Crippen MR) is 75.0 cm³/mol. The number of para-hydroxylation sites is 1. The van der Waals surface area contributed by atoms with E-state index in [1.54, 1.807) is 13.8 Å². The zero-order valence-corrected chi connectivity index (χ0v) is 12.0. The van der Waals surface area contributed by atoms with Crippen LogP contribution in [0.3, 0.4) is 0 Å². The standard InChI is InChI=1S/C13H17N3O5/c1-8(2)14-11(17)7-15(3)13(19)9-5-4-6-10(12(9)18)16(20)21/h4-6,8,18H,7H2,1-3H3,(H,14,17). The van der Waals surface area contributed by atoms with Gasteiger partial charge in [-0.15, -0.1) is 0 Å². The van der Waals surface area contributed by atoms with Crippen molar-refractivity contribution in [1.82, 2.24) is 10.2 Å². The van der Waals surface area contributed by atoms with E-state index in [1.807, 2.05) is 0 Å². The molecule has 0 spiro atoms. The zero-order valence-electron chi connectivity index (χ0n) is 12.0. The van der Waals surface area contributed by atoms with Crippen LogP contribution in [-0.4, -0.2) is 46.4 Å². The molecule has 0 aliphatic heterocycles. The molecule has 2 N–H and O–H groups in total. The van der Waals surface area contributed by atoms with Gasteiger partial charge in [-0.2, -0.15) is 0 Å². The van der Waals surface area contributed by atoms with Crippen molar-refractivity contribution in [3.8, 4) is 5.75 Å². The van der Waals surface area contributed by atoms with E-state index in [4.69, 9.17) is 0 Å². The van der Waals surface area contributed by atoms with Crippen LogP contribution in [0.1, 0.15) is 24.2 Å². The van der Waals surface area contributed by atoms with Crippen molar-refractivity contribution in [2.75, 3.05) is 13.6 Å². The quantitative estimate of drug-likeness (QED) is 0.619. The summed E-state index contributed by atoms with van der Waals surface area (Å²) < 4.78 is 0. The number of benzene rings is 1. The Morgan fingerprint density at radius 2 is 2.05 bits per heavy atom. The SMILES string of the molecule is CC(C)NC(=O)CN(C)C(=O)c1cccc([N+](=O)[O-])c1O. The van der Waals surface area contributed by atoms with Gasteiger partial charge in [-0.25, -0.2) is 0 Å². The number of nitro groups is 1. The average Bonchev–Trinajstić information content (AvgIpc) is 2.36. The molecule has 2 amide bonds. The van der Waals surface area contributed by atoms with Gasteiger partial charge in [0, 0.05) is 19.2 Å². The summed E-state index contributed by atoms with van der Waals surface area (Å²) in [4.78, 5) is 34.7. The Labute approximate surface area is 121 Å². The summed E-state index contributed by atoms with van der Waals surface area (Å²) in [6, 6.07) is 3.60. The van der Waals surface area contributed by atoms with Crippen LogP contribution in [0, 0.1) is 10.1 Å². The molecule has 0 bridgehead atoms. The van der Waals surface area contributed by atoms with Crippen molar-refractivity contribution in [1.29, 1.82) is 0 Å². The highest BCUT2D eigenvalue weighted by molar-refractivity contribution is 5.99. The van der Waals surface area contributed by atoms with E-state index < -0.39 is 22.3 Å². The second-order valence-corrected chi connectivity index (χ2v) is 4.81. The molecule has 0 heterocycles. The third kappa shape index (κ3) is 4.16. The largest absolute Gasteiger partial charge is 0.502 e. The number of carbonyl (C=O) groups is 2. The molecule has 8 heteroatoms. The van der Waals surface area contributed by atoms with Crippen molar-refractivity contribution in [2.24, 2.45) is 0 Å². The summed E-state index contributed by atoms with van der Waals surface area (Å²) >= 11 is 0. The first-order valence-electron chi connectivity index (χ1n) is 6.25. The lowest BCUT2D eigenvalue weighted by Gasteiger charge is -2.18. The molecular formula is C13H17N3O5. The number of nitrogens with zero attached hydrogens (tertiary/aromatic N) is 2. The van der Waals surface area contributed by atoms with Crippen LogP contribution in [-0.2, 0) is 4.79 Å². The maximum Gasteiger partial charge on any atom is 0.311 e. The van der Waals surface area contributed by atoms with Crippen LogP contribution in [0.25, 0.3) is 0 Å². The number of hydrogen-bond donors (Lipinski definition) is 2. The normalized spacial score (nSPS) is 10.3. The fourth-order valence-corrected chi connectivity index (χ4v) is 1.71. The molecule has 0 fully saturated rings. The Hall–Kier alpha value is -2.64. The Morgan fingerprint density at radius 3 is 2.57 bits per heavy atom. The van der Waals surface area contributed by atoms with Gasteiger partial charge in [0.2, 0.25) is 11.7 Å². The fraction of sp³-hybridized carbons (Fsp3) is 0.385. The van der Waals surface area contributed by atoms with Crippen LogP contribution >= 0.6 is 0 Å². The number of likely N-dealkylation sites (N-methyl/N-ethyl adjacent to an activating group) is 1. The van der Waals surface area contributed by atoms with Crippen LogP contribution < -0.4 is 5.32 Å². The molecule has 1 aromatic carbocycles. The van der Waals surface area contributed by atoms with Crippen molar-refractivity contribution in [2.45, 2.75) is 19.9 Å². The van der Waals surface area contributed by atoms with Crippen molar-refractivity contribution >= 4 is 17.5 Å². The van der Waals surface area contributed by atoms with Gasteiger partial charge in [-0.05, 0) is 19.9 Å². The predicted octanol–water partition coefficient (Wildman–Crippen LogP) is 0.897. The molecule has 8 nitrogen and oxygen atoms in total. The summed E-state index contributed by atoms with van der Waals surface area (Å²) in [7, 11) is 1.38. The molecule has 0 aliphatic rings. The number of amides is 2. The highest BCUT2D eigenvalue weighted by Gasteiger charge is 2.24. The van der Waals surface area contributed by atoms with Gasteiger partial charge in [-0.1, -0.05) is 6.07 Å². The van der Waals surface area contributed by atoms with Gasteiger partial charge in [0.1, 0.15) is 0 Å². The van der Waals surface area contributed by atoms with Gasteiger partial charge in [0.05, 0.1) is 17.0 Å². The van der Waals surface area contributed by atoms with Crippen molar-refractivity contribution in [3.63, 3.8) is 0 Å². The Balaban J connectivity index is 2.91. The highest BCUT2D eigenvalue weighted by Crippen LogP contribution is 2.29. The minimum Gasteiger partial charge on any atom is -0.502 e. The second kappa shape index (κ2) is 6.69. The number of carbonyl (C=O) groups excluding carboxylic acids is 2. The number of hydrogen-bond acceptors (Lipinski definition) is 5. The van der Waals surface area contributed by atoms with Gasteiger partial charge in [-0.3, -0.25) is 19.7 Å². The van der Waals surface area contributed by atoms with Gasteiger partial charge >= 0.3 is 5.69 Å². The van der Waals surface area contributed by atoms with Crippen molar-refractivity contribution in [3.05, 3.63) is 33.9 Å². The molecule has 0 aromatic heterocycles. The number of phenolic OH excluding ortho intramolecular Hbond substituents is 1. The van der Waals surface area contributed by atoms with E-state index in [2.05, 4.69) is 5.32 Å². The average molecular weight is 295 g/mol. The Morgan fingerprint density at radius 1 is 1.43 bits per heavy atom. The molecular weight excluding hydrogens is 278 g/mol. The molecule has 0 atom stereocenters. The maximum absolute atomic E-state index is 12.1. The summed E-state index contributed by atoms with van der Waals surface area (Å²) in [5.41, 5.74) is -0.773. The number of nitro benzene ring substituents is 1. The molecule has 0 aliphatic carbocycles. The summed E-state index contributed by atoms with van der Waals surface area (Å²) in [6.07, 6.45) is 0. The minimum atomic E-state index is -0.780. The smallest absolute Gasteiger partial charge is 0.311 e. The number of phenols is 1. The molecule has 0 saturated carbocycles. The number of aromatic hydroxyl groups is 1. The van der Waals surface area contributed by atoms with Crippen LogP contribution in [0.4, 0.5) is 5.69 Å². The summed E-state index contributed by atoms with van der Waals surface area (Å²) in [5, 5.41) is 23.1. The minimum absolute atomic E-state index is 0.0628. The first kappa shape index (κ1) is 16.4. The van der Waals surface area contributed by atoms with E-state index in [0.717, 1.165) is 11.0 Å². The fourth-order valence-electron chi connectivity index (χ4n) is 1.71. The third-order valence-electron chi connectivity index (χ3n) is 2.62. The number of rotatable bonds is 5. The van der Waals surface area contributed by atoms with Gasteiger partial charge in [0.25, 0.3) is 5.91 Å². The lowest BCUT2D eigenvalue weighted by Crippen LogP contribution is -2.40. The first-order valence-corrected chi connectivity index (χ1v) is 6.25. The number of nitrogens with one attached hydrogen (secondary N) is 1. The van der Waals surface area contributed by atoms with Crippen LogP contribution in [0.5, 0.6) is 5.75 Å². The summed E-state index contributed by atoms with van der Waals surface area (Å²) in [6.45, 7) is 3.36. The second-order valence-electron chi connectivity index (χ2n) is 4.81. The molecule has 1 rings (SSSR count).